The van der Waals surface area contributed by atoms with Gasteiger partial charge in [0.15, 0.2) is 17.3 Å². The summed E-state index contributed by atoms with van der Waals surface area (Å²) in [7, 11) is 0. The van der Waals surface area contributed by atoms with Gasteiger partial charge in [0.05, 0.1) is 17.1 Å². The zero-order valence-electron chi connectivity index (χ0n) is 15.0. The molecule has 0 unspecified atom stereocenters. The zero-order chi connectivity index (χ0) is 19.0. The molecule has 0 atom stereocenters. The number of aromatic amines is 1. The van der Waals surface area contributed by atoms with E-state index in [-0.39, 0.29) is 17.5 Å². The van der Waals surface area contributed by atoms with Gasteiger partial charge in [0, 0.05) is 17.7 Å². The molecule has 8 heteroatoms. The summed E-state index contributed by atoms with van der Waals surface area (Å²) < 4.78 is 16.5. The van der Waals surface area contributed by atoms with Crippen molar-refractivity contribution in [1.82, 2.24) is 24.8 Å². The molecule has 0 radical (unpaired) electrons. The van der Waals surface area contributed by atoms with E-state index in [9.17, 15) is 9.18 Å². The smallest absolute Gasteiger partial charge is 0.228 e. The van der Waals surface area contributed by atoms with Gasteiger partial charge in [0.2, 0.25) is 5.91 Å². The number of anilines is 1. The molecule has 0 spiro atoms. The lowest BCUT2D eigenvalue weighted by molar-refractivity contribution is -0.120. The van der Waals surface area contributed by atoms with Crippen molar-refractivity contribution in [2.24, 2.45) is 5.92 Å². The molecule has 0 bridgehead atoms. The predicted octanol–water partition coefficient (Wildman–Crippen LogP) is 3.79. The van der Waals surface area contributed by atoms with Gasteiger partial charge >= 0.3 is 0 Å². The zero-order valence-corrected chi connectivity index (χ0v) is 15.0. The van der Waals surface area contributed by atoms with Gasteiger partial charge in [-0.1, -0.05) is 19.9 Å². The van der Waals surface area contributed by atoms with Crippen LogP contribution in [0.3, 0.4) is 0 Å². The predicted molar refractivity (Wildman–Crippen MR) is 101 cm³/mol. The number of halogens is 1. The first-order valence-electron chi connectivity index (χ1n) is 8.90. The molecule has 4 rings (SSSR count). The summed E-state index contributed by atoms with van der Waals surface area (Å²) in [4.78, 5) is 16.7. The van der Waals surface area contributed by atoms with Crippen LogP contribution in [0.25, 0.3) is 27.8 Å². The number of carbonyl (C=O) groups excluding carboxylic acids is 1. The summed E-state index contributed by atoms with van der Waals surface area (Å²) in [5.74, 6) is -0.437. The number of rotatable bonds is 5. The van der Waals surface area contributed by atoms with Crippen LogP contribution < -0.4 is 5.32 Å². The molecule has 4 aromatic heterocycles. The number of carbonyl (C=O) groups is 1. The fraction of sp³-hybridized carbons (Fsp3) is 0.263. The molecule has 0 aliphatic rings. The molecule has 138 valence electrons. The van der Waals surface area contributed by atoms with E-state index in [2.05, 4.69) is 25.6 Å². The van der Waals surface area contributed by atoms with Gasteiger partial charge in [-0.15, -0.1) is 0 Å². The molecule has 4 heterocycles. The highest BCUT2D eigenvalue weighted by atomic mass is 19.1. The maximum atomic E-state index is 14.8. The average molecular weight is 366 g/mol. The molecular formula is C19H19FN6O. The maximum absolute atomic E-state index is 14.8. The van der Waals surface area contributed by atoms with Crippen LogP contribution in [-0.2, 0) is 4.79 Å². The minimum absolute atomic E-state index is 0.104. The highest BCUT2D eigenvalue weighted by Crippen LogP contribution is 2.29. The summed E-state index contributed by atoms with van der Waals surface area (Å²) in [5.41, 5.74) is 1.93. The molecule has 27 heavy (non-hydrogen) atoms. The van der Waals surface area contributed by atoms with E-state index in [1.165, 1.54) is 6.07 Å². The van der Waals surface area contributed by atoms with Crippen LogP contribution in [0.4, 0.5) is 10.2 Å². The Labute approximate surface area is 154 Å². The minimum atomic E-state index is -0.499. The van der Waals surface area contributed by atoms with Gasteiger partial charge in [-0.2, -0.15) is 10.2 Å². The number of hydrogen-bond donors (Lipinski definition) is 2. The number of nitrogens with zero attached hydrogens (tertiary/aromatic N) is 4. The van der Waals surface area contributed by atoms with Crippen LogP contribution in [0.15, 0.2) is 36.7 Å². The minimum Gasteiger partial charge on any atom is -0.308 e. The fourth-order valence-electron chi connectivity index (χ4n) is 3.20. The summed E-state index contributed by atoms with van der Waals surface area (Å²) in [5, 5.41) is 14.3. The molecule has 0 aliphatic carbocycles. The molecule has 0 aliphatic heterocycles. The van der Waals surface area contributed by atoms with Gasteiger partial charge in [-0.25, -0.2) is 13.9 Å². The molecule has 4 aromatic rings. The lowest BCUT2D eigenvalue weighted by atomic mass is 10.0. The monoisotopic (exact) mass is 366 g/mol. The molecule has 0 aromatic carbocycles. The van der Waals surface area contributed by atoms with E-state index >= 15 is 0 Å². The molecular weight excluding hydrogens is 347 g/mol. The molecule has 0 saturated heterocycles. The van der Waals surface area contributed by atoms with Crippen molar-refractivity contribution in [3.8, 4) is 11.3 Å². The van der Waals surface area contributed by atoms with Crippen molar-refractivity contribution >= 4 is 28.3 Å². The van der Waals surface area contributed by atoms with Gasteiger partial charge < -0.3 is 5.32 Å². The summed E-state index contributed by atoms with van der Waals surface area (Å²) in [6.07, 6.45) is 4.84. The largest absolute Gasteiger partial charge is 0.308 e. The Bertz CT molecular complexity index is 1130. The average Bonchev–Trinajstić information content (AvgIpc) is 3.26. The third-order valence-corrected chi connectivity index (χ3v) is 4.78. The Morgan fingerprint density at radius 1 is 1.33 bits per heavy atom. The van der Waals surface area contributed by atoms with Crippen LogP contribution in [0.5, 0.6) is 0 Å². The van der Waals surface area contributed by atoms with Crippen molar-refractivity contribution in [3.63, 3.8) is 0 Å². The van der Waals surface area contributed by atoms with E-state index in [0.717, 1.165) is 18.4 Å². The lowest BCUT2D eigenvalue weighted by Gasteiger charge is -2.11. The number of nitrogens with one attached hydrogen (secondary N) is 2. The highest BCUT2D eigenvalue weighted by molar-refractivity contribution is 6.00. The van der Waals surface area contributed by atoms with Gasteiger partial charge in [-0.3, -0.25) is 9.89 Å². The van der Waals surface area contributed by atoms with Gasteiger partial charge in [-0.05, 0) is 31.0 Å². The van der Waals surface area contributed by atoms with Crippen molar-refractivity contribution in [1.29, 1.82) is 0 Å². The topological polar surface area (TPSA) is 88.0 Å². The fourth-order valence-corrected chi connectivity index (χ4v) is 3.20. The number of fused-ring (bicyclic) bond motifs is 2. The van der Waals surface area contributed by atoms with Crippen LogP contribution in [0, 0.1) is 11.7 Å². The standard InChI is InChI=1S/C19H19FN6O/c1-3-11(4-2)19(27)23-18-12-9-14(20)16(22-17(12)24-25-18)13-10-21-26-8-6-5-7-15(13)26/h5-11H,3-4H2,1-2H3,(H2,22,23,24,25,27). The number of aromatic nitrogens is 5. The second kappa shape index (κ2) is 6.79. The SMILES string of the molecule is CCC(CC)C(=O)Nc1n[nH]c2nc(-c3cnn4ccccc34)c(F)cc12. The van der Waals surface area contributed by atoms with Gasteiger partial charge in [0.1, 0.15) is 5.69 Å². The number of amides is 1. The second-order valence-electron chi connectivity index (χ2n) is 6.38. The summed E-state index contributed by atoms with van der Waals surface area (Å²) in [6.45, 7) is 3.92. The van der Waals surface area contributed by atoms with Crippen molar-refractivity contribution < 1.29 is 9.18 Å². The molecule has 1 amide bonds. The molecule has 0 saturated carbocycles. The Morgan fingerprint density at radius 2 is 2.15 bits per heavy atom. The lowest BCUT2D eigenvalue weighted by Crippen LogP contribution is -2.21. The van der Waals surface area contributed by atoms with E-state index in [4.69, 9.17) is 0 Å². The van der Waals surface area contributed by atoms with E-state index in [1.54, 1.807) is 16.9 Å². The molecule has 0 fully saturated rings. The summed E-state index contributed by atoms with van der Waals surface area (Å²) in [6, 6.07) is 6.90. The van der Waals surface area contributed by atoms with Crippen molar-refractivity contribution in [3.05, 3.63) is 42.5 Å². The molecule has 2 N–H and O–H groups in total. The van der Waals surface area contributed by atoms with E-state index < -0.39 is 5.82 Å². The number of pyridine rings is 2. The van der Waals surface area contributed by atoms with E-state index in [1.807, 2.05) is 32.0 Å². The third kappa shape index (κ3) is 2.92. The Balaban J connectivity index is 1.75. The van der Waals surface area contributed by atoms with Crippen LogP contribution in [0.2, 0.25) is 0 Å². The first kappa shape index (κ1) is 17.1. The Hall–Kier alpha value is -3.29. The van der Waals surface area contributed by atoms with Crippen LogP contribution >= 0.6 is 0 Å². The van der Waals surface area contributed by atoms with Crippen LogP contribution in [-0.4, -0.2) is 30.7 Å². The first-order chi connectivity index (χ1) is 13.1. The number of H-pyrrole nitrogens is 1. The Morgan fingerprint density at radius 3 is 2.93 bits per heavy atom. The van der Waals surface area contributed by atoms with Crippen molar-refractivity contribution in [2.75, 3.05) is 5.32 Å². The summed E-state index contributed by atoms with van der Waals surface area (Å²) >= 11 is 0. The molecule has 7 nitrogen and oxygen atoms in total. The highest BCUT2D eigenvalue weighted by Gasteiger charge is 2.20. The van der Waals surface area contributed by atoms with Crippen molar-refractivity contribution in [2.45, 2.75) is 26.7 Å². The maximum Gasteiger partial charge on any atom is 0.228 e. The van der Waals surface area contributed by atoms with E-state index in [0.29, 0.717) is 22.4 Å². The number of hydrogen-bond acceptors (Lipinski definition) is 4. The normalized spacial score (nSPS) is 11.6. The van der Waals surface area contributed by atoms with Crippen LogP contribution in [0.1, 0.15) is 26.7 Å². The van der Waals surface area contributed by atoms with Gasteiger partial charge in [0.25, 0.3) is 0 Å². The Kier molecular flexibility index (Phi) is 4.31. The second-order valence-corrected chi connectivity index (χ2v) is 6.38. The third-order valence-electron chi connectivity index (χ3n) is 4.78. The first-order valence-corrected chi connectivity index (χ1v) is 8.90. The quantitative estimate of drug-likeness (QED) is 0.562.